The van der Waals surface area contributed by atoms with Crippen LogP contribution >= 0.6 is 0 Å². The van der Waals surface area contributed by atoms with Gasteiger partial charge in [-0.2, -0.15) is 5.10 Å². The predicted octanol–water partition coefficient (Wildman–Crippen LogP) is 3.94. The lowest BCUT2D eigenvalue weighted by atomic mass is 10.1. The number of amides is 2. The number of imidazole rings is 1. The summed E-state index contributed by atoms with van der Waals surface area (Å²) >= 11 is 0. The lowest BCUT2D eigenvalue weighted by Gasteiger charge is -2.37. The van der Waals surface area contributed by atoms with Crippen LogP contribution in [0.5, 0.6) is 0 Å². The number of hydrogen-bond donors (Lipinski definition) is 5. The number of H-pyrrole nitrogens is 2. The molecule has 0 bridgehead atoms. The predicted molar refractivity (Wildman–Crippen MR) is 157 cm³/mol. The van der Waals surface area contributed by atoms with Crippen LogP contribution in [0.25, 0.3) is 33.5 Å². The third-order valence-corrected chi connectivity index (χ3v) is 6.74. The van der Waals surface area contributed by atoms with Crippen molar-refractivity contribution in [2.45, 2.75) is 58.7 Å². The van der Waals surface area contributed by atoms with Gasteiger partial charge in [0, 0.05) is 54.9 Å². The molecule has 2 atom stereocenters. The van der Waals surface area contributed by atoms with Crippen molar-refractivity contribution < 1.29 is 14.3 Å². The van der Waals surface area contributed by atoms with Crippen LogP contribution < -0.4 is 20.9 Å². The van der Waals surface area contributed by atoms with Crippen LogP contribution in [-0.4, -0.2) is 76.0 Å². The second-order valence-corrected chi connectivity index (χ2v) is 11.5. The average Bonchev–Trinajstić information content (AvgIpc) is 3.49. The number of hydrogen-bond acceptors (Lipinski definition) is 7. The van der Waals surface area contributed by atoms with E-state index in [9.17, 15) is 9.59 Å². The van der Waals surface area contributed by atoms with Crippen molar-refractivity contribution in [1.29, 1.82) is 0 Å². The Morgan fingerprint density at radius 1 is 1.02 bits per heavy atom. The van der Waals surface area contributed by atoms with E-state index in [2.05, 4.69) is 62.0 Å². The fourth-order valence-corrected chi connectivity index (χ4v) is 5.08. The summed E-state index contributed by atoms with van der Waals surface area (Å²) < 4.78 is 5.22. The molecule has 0 aliphatic carbocycles. The zero-order valence-electron chi connectivity index (χ0n) is 23.7. The summed E-state index contributed by atoms with van der Waals surface area (Å²) in [5.74, 6) is 0.450. The summed E-state index contributed by atoms with van der Waals surface area (Å²) in [5, 5.41) is 17.5. The van der Waals surface area contributed by atoms with Crippen molar-refractivity contribution in [3.05, 3.63) is 42.0 Å². The van der Waals surface area contributed by atoms with E-state index in [1.807, 2.05) is 39.0 Å². The van der Waals surface area contributed by atoms with Gasteiger partial charge in [-0.25, -0.2) is 9.78 Å². The van der Waals surface area contributed by atoms with Crippen LogP contribution in [0, 0.1) is 0 Å². The van der Waals surface area contributed by atoms with E-state index in [4.69, 9.17) is 9.72 Å². The summed E-state index contributed by atoms with van der Waals surface area (Å²) in [6.07, 6.45) is 0.114. The molecule has 1 saturated heterocycles. The van der Waals surface area contributed by atoms with Gasteiger partial charge in [-0.15, -0.1) is 0 Å². The number of ether oxygens (including phenoxy) is 1. The molecular formula is C29H38N8O3. The first-order valence-electron chi connectivity index (χ1n) is 13.8. The number of rotatable bonds is 7. The van der Waals surface area contributed by atoms with Gasteiger partial charge in [0.15, 0.2) is 5.82 Å². The number of nitrogens with zero attached hydrogens (tertiary/aromatic N) is 3. The van der Waals surface area contributed by atoms with Gasteiger partial charge >= 0.3 is 6.09 Å². The smallest absolute Gasteiger partial charge is 0.407 e. The standard InChI is InChI=1S/C29H38N8O3/c1-17-15-37(16-18(2)32-17)20-8-10-23-24(14-20)34-26(33-23)25-21-13-19(7-9-22(21)35-36-25)27(38)30-11-6-12-31-28(39)40-29(3,4)5/h7-10,13-14,17-18,32H,6,11-12,15-16H2,1-5H3,(H,30,38)(H,31,39)(H,33,34)(H,35,36)/t17-,18+. The maximum Gasteiger partial charge on any atom is 0.407 e. The Hall–Kier alpha value is -4.12. The van der Waals surface area contributed by atoms with E-state index >= 15 is 0 Å². The molecule has 3 heterocycles. The highest BCUT2D eigenvalue weighted by molar-refractivity contribution is 6.01. The van der Waals surface area contributed by atoms with Crippen LogP contribution in [-0.2, 0) is 4.74 Å². The van der Waals surface area contributed by atoms with Gasteiger partial charge < -0.3 is 30.6 Å². The molecule has 1 aliphatic heterocycles. The first kappa shape index (κ1) is 27.4. The third-order valence-electron chi connectivity index (χ3n) is 6.74. The van der Waals surface area contributed by atoms with Crippen molar-refractivity contribution in [2.75, 3.05) is 31.1 Å². The summed E-state index contributed by atoms with van der Waals surface area (Å²) in [6, 6.07) is 12.6. The molecule has 2 aromatic carbocycles. The summed E-state index contributed by atoms with van der Waals surface area (Å²) in [6.45, 7) is 12.6. The van der Waals surface area contributed by atoms with Crippen LogP contribution in [0.2, 0.25) is 0 Å². The molecule has 5 N–H and O–H groups in total. The van der Waals surface area contributed by atoms with Gasteiger partial charge in [0.05, 0.1) is 16.6 Å². The lowest BCUT2D eigenvalue weighted by Crippen LogP contribution is -2.54. The number of carbonyl (C=O) groups is 2. The molecule has 4 aromatic rings. The lowest BCUT2D eigenvalue weighted by molar-refractivity contribution is 0.0527. The minimum atomic E-state index is -0.545. The van der Waals surface area contributed by atoms with E-state index in [0.29, 0.717) is 48.7 Å². The molecule has 0 radical (unpaired) electrons. The number of aromatic amines is 2. The quantitative estimate of drug-likeness (QED) is 0.221. The van der Waals surface area contributed by atoms with E-state index in [0.717, 1.165) is 40.7 Å². The van der Waals surface area contributed by atoms with Crippen LogP contribution in [0.15, 0.2) is 36.4 Å². The first-order valence-corrected chi connectivity index (χ1v) is 13.8. The molecule has 0 spiro atoms. The highest BCUT2D eigenvalue weighted by Gasteiger charge is 2.22. The largest absolute Gasteiger partial charge is 0.444 e. The van der Waals surface area contributed by atoms with Gasteiger partial charge in [0.25, 0.3) is 5.91 Å². The van der Waals surface area contributed by atoms with Crippen molar-refractivity contribution in [3.63, 3.8) is 0 Å². The fraction of sp³-hybridized carbons (Fsp3) is 0.448. The Morgan fingerprint density at radius 3 is 2.52 bits per heavy atom. The average molecular weight is 547 g/mol. The Morgan fingerprint density at radius 2 is 1.77 bits per heavy atom. The Labute approximate surface area is 233 Å². The molecule has 212 valence electrons. The molecule has 2 aromatic heterocycles. The number of alkyl carbamates (subject to hydrolysis) is 1. The molecule has 1 fully saturated rings. The maximum atomic E-state index is 12.8. The van der Waals surface area contributed by atoms with Crippen molar-refractivity contribution >= 4 is 39.6 Å². The van der Waals surface area contributed by atoms with Gasteiger partial charge in [-0.3, -0.25) is 9.89 Å². The fourth-order valence-electron chi connectivity index (χ4n) is 5.08. The van der Waals surface area contributed by atoms with E-state index in [1.54, 1.807) is 6.07 Å². The molecule has 0 saturated carbocycles. The van der Waals surface area contributed by atoms with Crippen molar-refractivity contribution in [2.24, 2.45) is 0 Å². The number of aromatic nitrogens is 4. The summed E-state index contributed by atoms with van der Waals surface area (Å²) in [7, 11) is 0. The SMILES string of the molecule is C[C@@H]1CN(c2ccc3nc(-c4n[nH]c5ccc(C(=O)NCCCNC(=O)OC(C)(C)C)cc45)[nH]c3c2)C[C@H](C)N1. The molecule has 0 unspecified atom stereocenters. The Balaban J connectivity index is 1.26. The summed E-state index contributed by atoms with van der Waals surface area (Å²) in [5.41, 5.74) is 4.42. The van der Waals surface area contributed by atoms with Crippen LogP contribution in [0.3, 0.4) is 0 Å². The topological polar surface area (TPSA) is 140 Å². The number of piperazine rings is 1. The van der Waals surface area contributed by atoms with Gasteiger partial charge in [0.2, 0.25) is 0 Å². The minimum Gasteiger partial charge on any atom is -0.444 e. The van der Waals surface area contributed by atoms with E-state index < -0.39 is 11.7 Å². The molecule has 11 heteroatoms. The van der Waals surface area contributed by atoms with Gasteiger partial charge in [0.1, 0.15) is 11.3 Å². The number of nitrogens with one attached hydrogen (secondary N) is 5. The normalized spacial score (nSPS) is 17.8. The monoisotopic (exact) mass is 546 g/mol. The first-order chi connectivity index (χ1) is 19.1. The number of anilines is 1. The summed E-state index contributed by atoms with van der Waals surface area (Å²) in [4.78, 5) is 35.2. The zero-order valence-corrected chi connectivity index (χ0v) is 23.7. The number of benzene rings is 2. The van der Waals surface area contributed by atoms with Crippen LogP contribution in [0.4, 0.5) is 10.5 Å². The molecular weight excluding hydrogens is 508 g/mol. The highest BCUT2D eigenvalue weighted by Crippen LogP contribution is 2.29. The van der Waals surface area contributed by atoms with Crippen molar-refractivity contribution in [1.82, 2.24) is 36.1 Å². The number of carbonyl (C=O) groups excluding carboxylic acids is 2. The molecule has 1 aliphatic rings. The Bertz CT molecular complexity index is 1510. The van der Waals surface area contributed by atoms with Crippen molar-refractivity contribution in [3.8, 4) is 11.5 Å². The second-order valence-electron chi connectivity index (χ2n) is 11.5. The molecule has 5 rings (SSSR count). The third kappa shape index (κ3) is 6.36. The number of fused-ring (bicyclic) bond motifs is 2. The van der Waals surface area contributed by atoms with Crippen LogP contribution in [0.1, 0.15) is 51.4 Å². The molecule has 40 heavy (non-hydrogen) atoms. The highest BCUT2D eigenvalue weighted by atomic mass is 16.6. The zero-order chi connectivity index (χ0) is 28.4. The Kier molecular flexibility index (Phi) is 7.66. The maximum absolute atomic E-state index is 12.8. The van der Waals surface area contributed by atoms with E-state index in [1.165, 1.54) is 0 Å². The second kappa shape index (κ2) is 11.2. The molecule has 11 nitrogen and oxygen atoms in total. The molecule has 2 amide bonds. The van der Waals surface area contributed by atoms with Gasteiger partial charge in [-0.1, -0.05) is 0 Å². The minimum absolute atomic E-state index is 0.194. The van der Waals surface area contributed by atoms with Gasteiger partial charge in [-0.05, 0) is 77.4 Å². The van der Waals surface area contributed by atoms with E-state index in [-0.39, 0.29) is 5.91 Å².